The molecule has 1 atom stereocenters. The van der Waals surface area contributed by atoms with Gasteiger partial charge in [0.2, 0.25) is 22.4 Å². The number of hydrogen-bond donors (Lipinski definition) is 2. The molecule has 43 heavy (non-hydrogen) atoms. The van der Waals surface area contributed by atoms with Gasteiger partial charge in [0.1, 0.15) is 16.1 Å². The first-order valence-corrected chi connectivity index (χ1v) is 15.7. The lowest BCUT2D eigenvalue weighted by molar-refractivity contribution is -0.904. The third-order valence-corrected chi connectivity index (χ3v) is 7.67. The van der Waals surface area contributed by atoms with E-state index in [-0.39, 0.29) is 34.5 Å². The summed E-state index contributed by atoms with van der Waals surface area (Å²) in [7, 11) is -1.92. The monoisotopic (exact) mass is 660 g/mol. The Bertz CT molecular complexity index is 1540. The van der Waals surface area contributed by atoms with Crippen molar-refractivity contribution in [3.63, 3.8) is 0 Å². The Morgan fingerprint density at radius 1 is 1.12 bits per heavy atom. The second-order valence-electron chi connectivity index (χ2n) is 10.2. The number of benzene rings is 2. The van der Waals surface area contributed by atoms with Crippen molar-refractivity contribution in [2.75, 3.05) is 24.6 Å². The molecule has 0 bridgehead atoms. The lowest BCUT2D eigenvalue weighted by atomic mass is 10.0. The Kier molecular flexibility index (Phi) is 10.4. The van der Waals surface area contributed by atoms with Gasteiger partial charge < -0.3 is 19.1 Å². The first-order valence-electron chi connectivity index (χ1n) is 13.1. The van der Waals surface area contributed by atoms with Gasteiger partial charge in [-0.15, -0.1) is 0 Å². The number of amides is 1. The summed E-state index contributed by atoms with van der Waals surface area (Å²) in [5.74, 6) is 0.238. The fourth-order valence-corrected chi connectivity index (χ4v) is 5.28. The number of alkyl halides is 2. The van der Waals surface area contributed by atoms with Gasteiger partial charge in [-0.1, -0.05) is 41.4 Å². The molecule has 2 aromatic carbocycles. The fourth-order valence-electron chi connectivity index (χ4n) is 4.11. The second kappa shape index (κ2) is 13.8. The molecule has 1 amide bonds. The lowest BCUT2D eigenvalue weighted by Gasteiger charge is -2.24. The first kappa shape index (κ1) is 32.4. The van der Waals surface area contributed by atoms with E-state index in [9.17, 15) is 27.2 Å². The van der Waals surface area contributed by atoms with Crippen molar-refractivity contribution >= 4 is 45.0 Å². The standard InChI is InChI=1S/C28H30Cl2F2N3O7S/c1-34(13-17-5-8-20(9-6-17)33-43(2,38)39)28(36)42-25(12-21-22(29)14-35(37)15-23(21)30)19-7-10-24(41-27(31)32)26(11-19)40-16-18-3-4-18/h5-11,14-15,18,25,27,33,37H,3-4,12-13,16H2,1-2H3/q+1/t25-/m0/s1. The molecule has 15 heteroatoms. The van der Waals surface area contributed by atoms with Gasteiger partial charge in [-0.3, -0.25) is 9.93 Å². The van der Waals surface area contributed by atoms with E-state index in [1.54, 1.807) is 24.3 Å². The smallest absolute Gasteiger partial charge is 0.410 e. The molecule has 0 spiro atoms. The maximum absolute atomic E-state index is 13.3. The maximum atomic E-state index is 13.3. The van der Waals surface area contributed by atoms with E-state index in [4.69, 9.17) is 32.7 Å². The maximum Gasteiger partial charge on any atom is 0.410 e. The number of nitrogens with one attached hydrogen (secondary N) is 1. The van der Waals surface area contributed by atoms with Gasteiger partial charge in [0, 0.05) is 36.0 Å². The van der Waals surface area contributed by atoms with Crippen LogP contribution in [0.5, 0.6) is 11.5 Å². The first-order chi connectivity index (χ1) is 20.3. The van der Waals surface area contributed by atoms with E-state index < -0.39 is 28.8 Å². The highest BCUT2D eigenvalue weighted by Crippen LogP contribution is 2.38. The van der Waals surface area contributed by atoms with Gasteiger partial charge in [-0.05, 0) is 54.2 Å². The highest BCUT2D eigenvalue weighted by Gasteiger charge is 2.27. The van der Waals surface area contributed by atoms with Crippen LogP contribution in [-0.4, -0.2) is 51.1 Å². The largest absolute Gasteiger partial charge is 0.489 e. The number of halogens is 4. The number of pyridine rings is 1. The lowest BCUT2D eigenvalue weighted by Crippen LogP contribution is -2.30. The molecule has 1 aliphatic carbocycles. The molecule has 232 valence electrons. The second-order valence-corrected chi connectivity index (χ2v) is 12.7. The summed E-state index contributed by atoms with van der Waals surface area (Å²) in [6, 6.07) is 10.7. The zero-order valence-electron chi connectivity index (χ0n) is 23.2. The summed E-state index contributed by atoms with van der Waals surface area (Å²) in [5, 5.41) is 9.99. The van der Waals surface area contributed by atoms with Crippen molar-refractivity contribution in [3.05, 3.63) is 81.6 Å². The molecule has 0 saturated heterocycles. The van der Waals surface area contributed by atoms with E-state index in [0.717, 1.165) is 19.1 Å². The zero-order valence-corrected chi connectivity index (χ0v) is 25.5. The van der Waals surface area contributed by atoms with Crippen LogP contribution >= 0.6 is 23.2 Å². The average Bonchev–Trinajstić information content (AvgIpc) is 3.74. The zero-order chi connectivity index (χ0) is 31.3. The average molecular weight is 662 g/mol. The molecule has 0 radical (unpaired) electrons. The molecule has 0 unspecified atom stereocenters. The van der Waals surface area contributed by atoms with Crippen molar-refractivity contribution in [1.82, 2.24) is 4.90 Å². The number of hydrogen-bond acceptors (Lipinski definition) is 7. The molecule has 1 fully saturated rings. The van der Waals surface area contributed by atoms with Gasteiger partial charge in [0.05, 0.1) is 12.9 Å². The van der Waals surface area contributed by atoms with Crippen molar-refractivity contribution in [1.29, 1.82) is 0 Å². The van der Waals surface area contributed by atoms with Gasteiger partial charge in [0.25, 0.3) is 0 Å². The molecule has 4 rings (SSSR count). The number of ether oxygens (including phenoxy) is 3. The van der Waals surface area contributed by atoms with E-state index in [0.29, 0.717) is 39.6 Å². The minimum atomic E-state index is -3.44. The van der Waals surface area contributed by atoms with E-state index in [1.807, 2.05) is 0 Å². The van der Waals surface area contributed by atoms with Gasteiger partial charge in [0.15, 0.2) is 11.5 Å². The number of aromatic nitrogens is 1. The van der Waals surface area contributed by atoms with Crippen LogP contribution < -0.4 is 18.9 Å². The van der Waals surface area contributed by atoms with Crippen LogP contribution in [0.2, 0.25) is 10.0 Å². The Morgan fingerprint density at radius 2 is 1.77 bits per heavy atom. The molecular weight excluding hydrogens is 631 g/mol. The van der Waals surface area contributed by atoms with Crippen molar-refractivity contribution in [2.45, 2.75) is 38.5 Å². The Morgan fingerprint density at radius 3 is 2.35 bits per heavy atom. The minimum absolute atomic E-state index is 0.0267. The number of nitrogens with zero attached hydrogens (tertiary/aromatic N) is 2. The molecule has 3 aromatic rings. The van der Waals surface area contributed by atoms with Crippen LogP contribution in [0.3, 0.4) is 0 Å². The van der Waals surface area contributed by atoms with Crippen molar-refractivity contribution in [2.24, 2.45) is 5.92 Å². The Balaban J connectivity index is 1.58. The topological polar surface area (TPSA) is 118 Å². The predicted molar refractivity (Wildman–Crippen MR) is 154 cm³/mol. The molecule has 1 heterocycles. The number of sulfonamides is 1. The van der Waals surface area contributed by atoms with Crippen LogP contribution in [0.4, 0.5) is 19.3 Å². The van der Waals surface area contributed by atoms with E-state index >= 15 is 0 Å². The number of anilines is 1. The van der Waals surface area contributed by atoms with Gasteiger partial charge >= 0.3 is 12.7 Å². The SMILES string of the molecule is CN(Cc1ccc(NS(C)(=O)=O)cc1)C(=O)O[C@@H](Cc1c(Cl)c[n+](O)cc1Cl)c1ccc(OC(F)F)c(OCC2CC2)c1. The molecular formula is C28H30Cl2F2N3O7S+. The highest BCUT2D eigenvalue weighted by molar-refractivity contribution is 7.92. The summed E-state index contributed by atoms with van der Waals surface area (Å²) in [6.07, 6.45) is 3.68. The van der Waals surface area contributed by atoms with Gasteiger partial charge in [-0.25, -0.2) is 13.2 Å². The van der Waals surface area contributed by atoms with Crippen LogP contribution in [0, 0.1) is 5.92 Å². The normalized spacial score (nSPS) is 13.8. The van der Waals surface area contributed by atoms with E-state index in [1.165, 1.54) is 42.5 Å². The fraction of sp³-hybridized carbons (Fsp3) is 0.357. The number of rotatable bonds is 13. The summed E-state index contributed by atoms with van der Waals surface area (Å²) in [4.78, 5) is 14.6. The number of carbonyl (C=O) groups excluding carboxylic acids is 1. The third kappa shape index (κ3) is 9.73. The van der Waals surface area contributed by atoms with Crippen molar-refractivity contribution in [3.8, 4) is 11.5 Å². The summed E-state index contributed by atoms with van der Waals surface area (Å²) >= 11 is 12.7. The minimum Gasteiger partial charge on any atom is -0.489 e. The summed E-state index contributed by atoms with van der Waals surface area (Å²) in [6.45, 7) is -2.62. The quantitative estimate of drug-likeness (QED) is 0.175. The Hall–Kier alpha value is -3.55. The molecule has 2 N–H and O–H groups in total. The molecule has 1 aliphatic rings. The summed E-state index contributed by atoms with van der Waals surface area (Å²) < 4.78 is 68.5. The van der Waals surface area contributed by atoms with Crippen LogP contribution in [0.1, 0.15) is 35.6 Å². The molecule has 0 aliphatic heterocycles. The van der Waals surface area contributed by atoms with Gasteiger partial charge in [-0.2, -0.15) is 8.78 Å². The highest BCUT2D eigenvalue weighted by atomic mass is 35.5. The van der Waals surface area contributed by atoms with Crippen LogP contribution in [0.15, 0.2) is 54.9 Å². The summed E-state index contributed by atoms with van der Waals surface area (Å²) in [5.41, 5.74) is 1.84. The molecule has 10 nitrogen and oxygen atoms in total. The molecule has 1 aromatic heterocycles. The Labute approximate surface area is 257 Å². The predicted octanol–water partition coefficient (Wildman–Crippen LogP) is 5.83. The number of carbonyl (C=O) groups is 1. The van der Waals surface area contributed by atoms with Crippen LogP contribution in [0.25, 0.3) is 0 Å². The van der Waals surface area contributed by atoms with E-state index in [2.05, 4.69) is 9.46 Å². The van der Waals surface area contributed by atoms with Crippen LogP contribution in [-0.2, 0) is 27.7 Å². The third-order valence-electron chi connectivity index (χ3n) is 6.42. The van der Waals surface area contributed by atoms with Crippen molar-refractivity contribution < 1.29 is 46.1 Å². The molecule has 1 saturated carbocycles.